The quantitative estimate of drug-likeness (QED) is 0.727. The lowest BCUT2D eigenvalue weighted by Crippen LogP contribution is -2.35. The average Bonchev–Trinajstić information content (AvgIpc) is 2.86. The molecule has 1 amide bonds. The van der Waals surface area contributed by atoms with E-state index in [0.717, 1.165) is 12.8 Å². The van der Waals surface area contributed by atoms with Gasteiger partial charge in [0.05, 0.1) is 6.42 Å². The zero-order chi connectivity index (χ0) is 11.4. The van der Waals surface area contributed by atoms with Crippen LogP contribution in [0.4, 0.5) is 0 Å². The lowest BCUT2D eigenvalue weighted by molar-refractivity contribution is -0.138. The van der Waals surface area contributed by atoms with Gasteiger partial charge in [-0.1, -0.05) is 13.8 Å². The second kappa shape index (κ2) is 5.14. The summed E-state index contributed by atoms with van der Waals surface area (Å²) in [7, 11) is 0. The van der Waals surface area contributed by atoms with Gasteiger partial charge in [0.1, 0.15) is 0 Å². The number of amides is 1. The minimum Gasteiger partial charge on any atom is -0.481 e. The van der Waals surface area contributed by atoms with E-state index in [2.05, 4.69) is 0 Å². The molecule has 86 valence electrons. The SMILES string of the molecule is CC(C)CC(=O)N(CCC(=O)O)C1CC1. The van der Waals surface area contributed by atoms with E-state index in [9.17, 15) is 9.59 Å². The minimum absolute atomic E-state index is 0.0559. The van der Waals surface area contributed by atoms with Gasteiger partial charge in [0.2, 0.25) is 5.91 Å². The summed E-state index contributed by atoms with van der Waals surface area (Å²) in [5.41, 5.74) is 0. The van der Waals surface area contributed by atoms with Crippen LogP contribution in [0.2, 0.25) is 0 Å². The summed E-state index contributed by atoms with van der Waals surface area (Å²) in [6, 6.07) is 0.315. The molecule has 0 aromatic carbocycles. The smallest absolute Gasteiger partial charge is 0.305 e. The Morgan fingerprint density at radius 3 is 2.40 bits per heavy atom. The van der Waals surface area contributed by atoms with Gasteiger partial charge in [-0.05, 0) is 18.8 Å². The van der Waals surface area contributed by atoms with Crippen molar-refractivity contribution in [1.82, 2.24) is 4.90 Å². The van der Waals surface area contributed by atoms with Crippen LogP contribution >= 0.6 is 0 Å². The lowest BCUT2D eigenvalue weighted by Gasteiger charge is -2.22. The summed E-state index contributed by atoms with van der Waals surface area (Å²) in [6.45, 7) is 4.37. The maximum Gasteiger partial charge on any atom is 0.305 e. The predicted molar refractivity (Wildman–Crippen MR) is 56.4 cm³/mol. The Morgan fingerprint density at radius 1 is 1.40 bits per heavy atom. The molecular formula is C11H19NO3. The van der Waals surface area contributed by atoms with Crippen molar-refractivity contribution in [3.63, 3.8) is 0 Å². The van der Waals surface area contributed by atoms with E-state index in [1.54, 1.807) is 4.90 Å². The lowest BCUT2D eigenvalue weighted by atomic mass is 10.1. The number of nitrogens with zero attached hydrogens (tertiary/aromatic N) is 1. The van der Waals surface area contributed by atoms with Crippen molar-refractivity contribution in [1.29, 1.82) is 0 Å². The van der Waals surface area contributed by atoms with E-state index in [1.807, 2.05) is 13.8 Å². The topological polar surface area (TPSA) is 57.6 Å². The van der Waals surface area contributed by atoms with Crippen LogP contribution < -0.4 is 0 Å². The van der Waals surface area contributed by atoms with Gasteiger partial charge in [-0.2, -0.15) is 0 Å². The van der Waals surface area contributed by atoms with Crippen molar-refractivity contribution in [2.24, 2.45) is 5.92 Å². The molecule has 1 aliphatic carbocycles. The van der Waals surface area contributed by atoms with Crippen LogP contribution in [0, 0.1) is 5.92 Å². The predicted octanol–water partition coefficient (Wildman–Crippen LogP) is 1.50. The van der Waals surface area contributed by atoms with Gasteiger partial charge in [0, 0.05) is 19.0 Å². The second-order valence-electron chi connectivity index (χ2n) is 4.56. The molecule has 1 fully saturated rings. The number of carboxylic acids is 1. The number of hydrogen-bond donors (Lipinski definition) is 1. The van der Waals surface area contributed by atoms with Crippen molar-refractivity contribution >= 4 is 11.9 Å². The first kappa shape index (κ1) is 12.0. The fourth-order valence-electron chi connectivity index (χ4n) is 1.58. The standard InChI is InChI=1S/C11H19NO3/c1-8(2)7-10(13)12(9-3-4-9)6-5-11(14)15/h8-9H,3-7H2,1-2H3,(H,14,15). The molecule has 0 spiro atoms. The summed E-state index contributed by atoms with van der Waals surface area (Å²) >= 11 is 0. The number of carboxylic acid groups (broad SMARTS) is 1. The van der Waals surface area contributed by atoms with Crippen LogP contribution in [-0.2, 0) is 9.59 Å². The highest BCUT2D eigenvalue weighted by molar-refractivity contribution is 5.77. The van der Waals surface area contributed by atoms with E-state index >= 15 is 0 Å². The molecule has 1 N–H and O–H groups in total. The normalized spacial score (nSPS) is 15.4. The molecule has 0 saturated heterocycles. The van der Waals surface area contributed by atoms with Crippen LogP contribution in [0.1, 0.15) is 39.5 Å². The summed E-state index contributed by atoms with van der Waals surface area (Å²) in [5, 5.41) is 8.59. The Kier molecular flexibility index (Phi) is 4.12. The van der Waals surface area contributed by atoms with Gasteiger partial charge in [-0.25, -0.2) is 0 Å². The maximum absolute atomic E-state index is 11.8. The molecule has 1 rings (SSSR count). The Hall–Kier alpha value is -1.06. The van der Waals surface area contributed by atoms with Gasteiger partial charge in [-0.15, -0.1) is 0 Å². The zero-order valence-corrected chi connectivity index (χ0v) is 9.40. The van der Waals surface area contributed by atoms with E-state index < -0.39 is 5.97 Å². The minimum atomic E-state index is -0.835. The van der Waals surface area contributed by atoms with Crippen molar-refractivity contribution < 1.29 is 14.7 Å². The largest absolute Gasteiger partial charge is 0.481 e. The first-order chi connectivity index (χ1) is 7.00. The van der Waals surface area contributed by atoms with Crippen LogP contribution in [0.5, 0.6) is 0 Å². The summed E-state index contributed by atoms with van der Waals surface area (Å²) in [6.07, 6.45) is 2.64. The zero-order valence-electron chi connectivity index (χ0n) is 9.40. The average molecular weight is 213 g/mol. The van der Waals surface area contributed by atoms with E-state index in [1.165, 1.54) is 0 Å². The van der Waals surface area contributed by atoms with E-state index in [4.69, 9.17) is 5.11 Å². The third-order valence-corrected chi connectivity index (χ3v) is 2.46. The molecule has 0 heterocycles. The summed E-state index contributed by atoms with van der Waals surface area (Å²) in [5.74, 6) is -0.393. The van der Waals surface area contributed by atoms with Crippen LogP contribution in [0.25, 0.3) is 0 Å². The molecule has 0 aromatic rings. The molecule has 0 aromatic heterocycles. The first-order valence-electron chi connectivity index (χ1n) is 5.52. The molecular weight excluding hydrogens is 194 g/mol. The highest BCUT2D eigenvalue weighted by Crippen LogP contribution is 2.28. The summed E-state index contributed by atoms with van der Waals surface area (Å²) in [4.78, 5) is 24.0. The number of hydrogen-bond acceptors (Lipinski definition) is 2. The fourth-order valence-corrected chi connectivity index (χ4v) is 1.58. The third-order valence-electron chi connectivity index (χ3n) is 2.46. The fraction of sp³-hybridized carbons (Fsp3) is 0.818. The van der Waals surface area contributed by atoms with Crippen LogP contribution in [0.15, 0.2) is 0 Å². The van der Waals surface area contributed by atoms with E-state index in [-0.39, 0.29) is 12.3 Å². The molecule has 15 heavy (non-hydrogen) atoms. The molecule has 0 atom stereocenters. The molecule has 0 bridgehead atoms. The van der Waals surface area contributed by atoms with Crippen molar-refractivity contribution in [3.8, 4) is 0 Å². The van der Waals surface area contributed by atoms with Gasteiger partial charge in [0.25, 0.3) is 0 Å². The Bertz CT molecular complexity index is 246. The Balaban J connectivity index is 2.42. The summed E-state index contributed by atoms with van der Waals surface area (Å²) < 4.78 is 0. The number of rotatable bonds is 6. The van der Waals surface area contributed by atoms with E-state index in [0.29, 0.717) is 24.9 Å². The molecule has 1 aliphatic rings. The number of aliphatic carboxylic acids is 1. The van der Waals surface area contributed by atoms with Crippen molar-refractivity contribution in [3.05, 3.63) is 0 Å². The third kappa shape index (κ3) is 4.32. The van der Waals surface area contributed by atoms with Gasteiger partial charge < -0.3 is 10.0 Å². The van der Waals surface area contributed by atoms with Crippen LogP contribution in [-0.4, -0.2) is 34.5 Å². The van der Waals surface area contributed by atoms with Gasteiger partial charge in [-0.3, -0.25) is 9.59 Å². The second-order valence-corrected chi connectivity index (χ2v) is 4.56. The van der Waals surface area contributed by atoms with Crippen LogP contribution in [0.3, 0.4) is 0 Å². The van der Waals surface area contributed by atoms with Gasteiger partial charge >= 0.3 is 5.97 Å². The number of carbonyl (C=O) groups is 2. The van der Waals surface area contributed by atoms with Crippen molar-refractivity contribution in [2.45, 2.75) is 45.6 Å². The highest BCUT2D eigenvalue weighted by Gasteiger charge is 2.32. The Morgan fingerprint density at radius 2 is 2.00 bits per heavy atom. The van der Waals surface area contributed by atoms with Gasteiger partial charge in [0.15, 0.2) is 0 Å². The molecule has 4 nitrogen and oxygen atoms in total. The maximum atomic E-state index is 11.8. The highest BCUT2D eigenvalue weighted by atomic mass is 16.4. The molecule has 4 heteroatoms. The van der Waals surface area contributed by atoms with Crippen molar-refractivity contribution in [2.75, 3.05) is 6.54 Å². The molecule has 0 unspecified atom stereocenters. The molecule has 0 aliphatic heterocycles. The monoisotopic (exact) mass is 213 g/mol. The molecule has 0 radical (unpaired) electrons. The molecule has 1 saturated carbocycles. The number of carbonyl (C=O) groups excluding carboxylic acids is 1. The first-order valence-corrected chi connectivity index (χ1v) is 5.52. The Labute approximate surface area is 90.3 Å².